The number of aliphatic hydroxyl groups excluding tert-OH is 1. The largest absolute Gasteiger partial charge is 0.493 e. The molecule has 0 fully saturated rings. The molecule has 1 aromatic carbocycles. The van der Waals surface area contributed by atoms with E-state index < -0.39 is 0 Å². The molecule has 0 radical (unpaired) electrons. The number of aliphatic hydroxyl groups is 1. The third-order valence-corrected chi connectivity index (χ3v) is 2.12. The van der Waals surface area contributed by atoms with Crippen LogP contribution in [0.3, 0.4) is 0 Å². The third-order valence-electron chi connectivity index (χ3n) is 1.88. The van der Waals surface area contributed by atoms with Gasteiger partial charge in [0.05, 0.1) is 12.2 Å². The molecule has 82 valence electrons. The molecule has 1 N–H and O–H groups in total. The van der Waals surface area contributed by atoms with Gasteiger partial charge in [-0.3, -0.25) is 4.79 Å². The van der Waals surface area contributed by atoms with Gasteiger partial charge in [0.25, 0.3) is 0 Å². The molecular weight excluding hydrogens is 216 g/mol. The lowest BCUT2D eigenvalue weighted by molar-refractivity contribution is 0.101. The van der Waals surface area contributed by atoms with E-state index >= 15 is 0 Å². The molecule has 0 spiro atoms. The van der Waals surface area contributed by atoms with E-state index in [1.807, 2.05) is 0 Å². The van der Waals surface area contributed by atoms with Gasteiger partial charge in [-0.25, -0.2) is 0 Å². The van der Waals surface area contributed by atoms with E-state index in [9.17, 15) is 4.79 Å². The van der Waals surface area contributed by atoms with Crippen LogP contribution in [0.2, 0.25) is 5.02 Å². The maximum Gasteiger partial charge on any atom is 0.163 e. The highest BCUT2D eigenvalue weighted by molar-refractivity contribution is 6.31. The average Bonchev–Trinajstić information content (AvgIpc) is 2.20. The SMILES string of the molecule is CC(=O)c1cc(Cl)ccc1OCCCO. The topological polar surface area (TPSA) is 46.5 Å². The Hall–Kier alpha value is -1.06. The molecule has 0 saturated carbocycles. The van der Waals surface area contributed by atoms with Crippen LogP contribution in [0.5, 0.6) is 5.75 Å². The normalized spacial score (nSPS) is 10.1. The van der Waals surface area contributed by atoms with Crippen molar-refractivity contribution in [1.82, 2.24) is 0 Å². The molecular formula is C11H13ClO3. The monoisotopic (exact) mass is 228 g/mol. The van der Waals surface area contributed by atoms with Crippen LogP contribution in [0.1, 0.15) is 23.7 Å². The van der Waals surface area contributed by atoms with Crippen LogP contribution in [-0.2, 0) is 0 Å². The van der Waals surface area contributed by atoms with Crippen LogP contribution in [0.15, 0.2) is 18.2 Å². The minimum absolute atomic E-state index is 0.0724. The van der Waals surface area contributed by atoms with E-state index in [1.54, 1.807) is 18.2 Å². The van der Waals surface area contributed by atoms with E-state index in [2.05, 4.69) is 0 Å². The lowest BCUT2D eigenvalue weighted by atomic mass is 10.1. The summed E-state index contributed by atoms with van der Waals surface area (Å²) in [6.45, 7) is 1.92. The highest BCUT2D eigenvalue weighted by Gasteiger charge is 2.08. The second kappa shape index (κ2) is 5.73. The van der Waals surface area contributed by atoms with Crippen molar-refractivity contribution in [3.8, 4) is 5.75 Å². The highest BCUT2D eigenvalue weighted by Crippen LogP contribution is 2.23. The van der Waals surface area contributed by atoms with Gasteiger partial charge in [-0.15, -0.1) is 0 Å². The summed E-state index contributed by atoms with van der Waals surface area (Å²) in [6, 6.07) is 4.91. The first-order valence-electron chi connectivity index (χ1n) is 4.69. The van der Waals surface area contributed by atoms with Crippen molar-refractivity contribution in [1.29, 1.82) is 0 Å². The zero-order valence-electron chi connectivity index (χ0n) is 8.50. The van der Waals surface area contributed by atoms with Gasteiger partial charge in [-0.2, -0.15) is 0 Å². The van der Waals surface area contributed by atoms with Gasteiger partial charge in [-0.05, 0) is 25.1 Å². The van der Waals surface area contributed by atoms with Gasteiger partial charge in [-0.1, -0.05) is 11.6 Å². The predicted octanol–water partition coefficient (Wildman–Crippen LogP) is 2.30. The predicted molar refractivity (Wildman–Crippen MR) is 58.7 cm³/mol. The number of Topliss-reactive ketones (excluding diaryl/α,β-unsaturated/α-hetero) is 1. The minimum atomic E-state index is -0.0866. The summed E-state index contributed by atoms with van der Waals surface area (Å²) in [5.74, 6) is 0.428. The summed E-state index contributed by atoms with van der Waals surface area (Å²) in [5.41, 5.74) is 0.473. The van der Waals surface area contributed by atoms with E-state index in [0.717, 1.165) is 0 Å². The fraction of sp³-hybridized carbons (Fsp3) is 0.364. The van der Waals surface area contributed by atoms with Gasteiger partial charge in [0.1, 0.15) is 5.75 Å². The van der Waals surface area contributed by atoms with Crippen molar-refractivity contribution in [2.75, 3.05) is 13.2 Å². The van der Waals surface area contributed by atoms with Crippen molar-refractivity contribution in [3.63, 3.8) is 0 Å². The molecule has 0 aliphatic carbocycles. The number of benzene rings is 1. The summed E-state index contributed by atoms with van der Waals surface area (Å²) in [5, 5.41) is 9.11. The molecule has 4 heteroatoms. The fourth-order valence-electron chi connectivity index (χ4n) is 1.15. The van der Waals surface area contributed by atoms with Crippen LogP contribution in [-0.4, -0.2) is 24.1 Å². The van der Waals surface area contributed by atoms with Gasteiger partial charge >= 0.3 is 0 Å². The molecule has 0 unspecified atom stereocenters. The molecule has 0 aliphatic heterocycles. The first-order chi connectivity index (χ1) is 7.15. The Balaban J connectivity index is 2.81. The maximum absolute atomic E-state index is 11.3. The molecule has 0 saturated heterocycles. The molecule has 0 atom stereocenters. The molecule has 1 aromatic rings. The first-order valence-corrected chi connectivity index (χ1v) is 5.07. The molecule has 1 rings (SSSR count). The number of ketones is 1. The second-order valence-electron chi connectivity index (χ2n) is 3.12. The van der Waals surface area contributed by atoms with Crippen molar-refractivity contribution in [2.24, 2.45) is 0 Å². The lowest BCUT2D eigenvalue weighted by Crippen LogP contribution is -2.04. The third kappa shape index (κ3) is 3.53. The number of carbonyl (C=O) groups is 1. The Morgan fingerprint density at radius 1 is 1.53 bits per heavy atom. The minimum Gasteiger partial charge on any atom is -0.493 e. The Bertz CT molecular complexity index is 350. The van der Waals surface area contributed by atoms with Gasteiger partial charge < -0.3 is 9.84 Å². The van der Waals surface area contributed by atoms with E-state index in [4.69, 9.17) is 21.4 Å². The Kier molecular flexibility index (Phi) is 4.59. The molecule has 15 heavy (non-hydrogen) atoms. The smallest absolute Gasteiger partial charge is 0.163 e. The van der Waals surface area contributed by atoms with E-state index in [1.165, 1.54) is 6.92 Å². The molecule has 0 amide bonds. The number of rotatable bonds is 5. The first kappa shape index (κ1) is 12.0. The van der Waals surface area contributed by atoms with E-state index in [0.29, 0.717) is 29.4 Å². The number of carbonyl (C=O) groups excluding carboxylic acids is 1. The Morgan fingerprint density at radius 3 is 2.87 bits per heavy atom. The second-order valence-corrected chi connectivity index (χ2v) is 3.56. The Morgan fingerprint density at radius 2 is 2.27 bits per heavy atom. The van der Waals surface area contributed by atoms with Crippen molar-refractivity contribution in [3.05, 3.63) is 28.8 Å². The van der Waals surface area contributed by atoms with Crippen LogP contribution >= 0.6 is 11.6 Å². The maximum atomic E-state index is 11.3. The van der Waals surface area contributed by atoms with Gasteiger partial charge in [0.15, 0.2) is 5.78 Å². The summed E-state index contributed by atoms with van der Waals surface area (Å²) in [7, 11) is 0. The van der Waals surface area contributed by atoms with Crippen molar-refractivity contribution < 1.29 is 14.6 Å². The van der Waals surface area contributed by atoms with Crippen LogP contribution in [0.4, 0.5) is 0 Å². The molecule has 3 nitrogen and oxygen atoms in total. The molecule has 0 aromatic heterocycles. The van der Waals surface area contributed by atoms with E-state index in [-0.39, 0.29) is 12.4 Å². The summed E-state index contributed by atoms with van der Waals surface area (Å²) in [4.78, 5) is 11.3. The summed E-state index contributed by atoms with van der Waals surface area (Å²) in [6.07, 6.45) is 0.542. The fourth-order valence-corrected chi connectivity index (χ4v) is 1.32. The van der Waals surface area contributed by atoms with Crippen LogP contribution in [0, 0.1) is 0 Å². The standard InChI is InChI=1S/C11H13ClO3/c1-8(14)10-7-9(12)3-4-11(10)15-6-2-5-13/h3-4,7,13H,2,5-6H2,1H3. The molecule has 0 aliphatic rings. The lowest BCUT2D eigenvalue weighted by Gasteiger charge is -2.09. The number of halogens is 1. The average molecular weight is 229 g/mol. The summed E-state index contributed by atoms with van der Waals surface area (Å²) < 4.78 is 5.35. The van der Waals surface area contributed by atoms with Crippen LogP contribution in [0.25, 0.3) is 0 Å². The molecule has 0 heterocycles. The number of ether oxygens (including phenoxy) is 1. The summed E-state index contributed by atoms with van der Waals surface area (Å²) >= 11 is 5.77. The zero-order valence-corrected chi connectivity index (χ0v) is 9.25. The number of hydrogen-bond donors (Lipinski definition) is 1. The van der Waals surface area contributed by atoms with Crippen molar-refractivity contribution in [2.45, 2.75) is 13.3 Å². The van der Waals surface area contributed by atoms with Crippen molar-refractivity contribution >= 4 is 17.4 Å². The molecule has 0 bridgehead atoms. The Labute approximate surface area is 93.6 Å². The highest BCUT2D eigenvalue weighted by atomic mass is 35.5. The van der Waals surface area contributed by atoms with Gasteiger partial charge in [0.2, 0.25) is 0 Å². The zero-order chi connectivity index (χ0) is 11.3. The quantitative estimate of drug-likeness (QED) is 0.621. The van der Waals surface area contributed by atoms with Crippen LogP contribution < -0.4 is 4.74 Å². The number of hydrogen-bond acceptors (Lipinski definition) is 3. The van der Waals surface area contributed by atoms with Gasteiger partial charge in [0, 0.05) is 18.1 Å².